The Hall–Kier alpha value is -1.36. The molecule has 1 aromatic carbocycles. The summed E-state index contributed by atoms with van der Waals surface area (Å²) in [5, 5.41) is 11.0. The lowest BCUT2D eigenvalue weighted by Crippen LogP contribution is -2.53. The summed E-state index contributed by atoms with van der Waals surface area (Å²) in [6.45, 7) is 5.91. The van der Waals surface area contributed by atoms with Crippen molar-refractivity contribution in [1.29, 1.82) is 0 Å². The summed E-state index contributed by atoms with van der Waals surface area (Å²) in [4.78, 5) is 4.80. The van der Waals surface area contributed by atoms with Crippen LogP contribution in [0.5, 0.6) is 5.75 Å². The van der Waals surface area contributed by atoms with Crippen molar-refractivity contribution < 1.29 is 9.84 Å². The highest BCUT2D eigenvalue weighted by Crippen LogP contribution is 2.24. The fourth-order valence-electron chi connectivity index (χ4n) is 3.90. The summed E-state index contributed by atoms with van der Waals surface area (Å²) in [6, 6.07) is 8.09. The molecule has 2 fully saturated rings. The molecule has 3 rings (SSSR count). The molecule has 1 atom stereocenters. The van der Waals surface area contributed by atoms with E-state index < -0.39 is 5.60 Å². The van der Waals surface area contributed by atoms with Crippen molar-refractivity contribution in [1.82, 2.24) is 9.80 Å². The Kier molecular flexibility index (Phi) is 5.93. The molecule has 2 aliphatic rings. The zero-order valence-corrected chi connectivity index (χ0v) is 14.8. The van der Waals surface area contributed by atoms with Crippen LogP contribution in [0.1, 0.15) is 31.2 Å². The van der Waals surface area contributed by atoms with Crippen molar-refractivity contribution in [2.75, 3.05) is 46.4 Å². The molecule has 24 heavy (non-hydrogen) atoms. The third-order valence-electron chi connectivity index (χ3n) is 5.14. The van der Waals surface area contributed by atoms with Crippen molar-refractivity contribution >= 4 is 6.08 Å². The van der Waals surface area contributed by atoms with Crippen LogP contribution in [-0.2, 0) is 0 Å². The highest BCUT2D eigenvalue weighted by Gasteiger charge is 2.35. The van der Waals surface area contributed by atoms with E-state index >= 15 is 0 Å². The van der Waals surface area contributed by atoms with E-state index in [9.17, 15) is 5.11 Å². The topological polar surface area (TPSA) is 35.9 Å². The zero-order chi connectivity index (χ0) is 16.8. The third-order valence-corrected chi connectivity index (χ3v) is 5.14. The molecule has 2 saturated heterocycles. The lowest BCUT2D eigenvalue weighted by molar-refractivity contribution is -0.0469. The maximum absolute atomic E-state index is 11.0. The monoisotopic (exact) mass is 330 g/mol. The second-order valence-electron chi connectivity index (χ2n) is 7.22. The van der Waals surface area contributed by atoms with E-state index in [1.54, 1.807) is 7.11 Å². The van der Waals surface area contributed by atoms with Gasteiger partial charge >= 0.3 is 0 Å². The Morgan fingerprint density at radius 1 is 1.08 bits per heavy atom. The van der Waals surface area contributed by atoms with Gasteiger partial charge in [0.2, 0.25) is 0 Å². The maximum atomic E-state index is 11.0. The minimum atomic E-state index is -0.531. The number of piperidine rings is 1. The van der Waals surface area contributed by atoms with E-state index in [0.717, 1.165) is 57.9 Å². The van der Waals surface area contributed by atoms with Gasteiger partial charge in [-0.2, -0.15) is 0 Å². The van der Waals surface area contributed by atoms with Gasteiger partial charge < -0.3 is 14.7 Å². The fraction of sp³-hybridized carbons (Fsp3) is 0.600. The number of likely N-dealkylation sites (tertiary alicyclic amines) is 2. The largest absolute Gasteiger partial charge is 0.497 e. The van der Waals surface area contributed by atoms with E-state index in [0.29, 0.717) is 0 Å². The summed E-state index contributed by atoms with van der Waals surface area (Å²) >= 11 is 0. The quantitative estimate of drug-likeness (QED) is 0.870. The van der Waals surface area contributed by atoms with Crippen molar-refractivity contribution in [3.05, 3.63) is 35.9 Å². The first-order valence-electron chi connectivity index (χ1n) is 9.15. The Morgan fingerprint density at radius 3 is 2.50 bits per heavy atom. The number of β-amino-alcohol motifs (C(OH)–C–C–N with tert-alkyl or cyclic N) is 1. The summed E-state index contributed by atoms with van der Waals surface area (Å²) < 4.78 is 5.18. The molecule has 0 saturated carbocycles. The van der Waals surface area contributed by atoms with Crippen LogP contribution in [0.25, 0.3) is 6.08 Å². The molecular formula is C20H30N2O2. The highest BCUT2D eigenvalue weighted by atomic mass is 16.5. The van der Waals surface area contributed by atoms with Crippen molar-refractivity contribution in [3.8, 4) is 5.75 Å². The lowest BCUT2D eigenvalue weighted by atomic mass is 9.92. The molecule has 4 nitrogen and oxygen atoms in total. The van der Waals surface area contributed by atoms with Crippen LogP contribution in [0.2, 0.25) is 0 Å². The van der Waals surface area contributed by atoms with Gasteiger partial charge in [0, 0.05) is 19.6 Å². The maximum Gasteiger partial charge on any atom is 0.118 e. The predicted molar refractivity (Wildman–Crippen MR) is 98.3 cm³/mol. The van der Waals surface area contributed by atoms with E-state index in [-0.39, 0.29) is 0 Å². The Labute approximate surface area is 145 Å². The number of nitrogens with zero attached hydrogens (tertiary/aromatic N) is 2. The van der Waals surface area contributed by atoms with Gasteiger partial charge in [0.1, 0.15) is 5.75 Å². The van der Waals surface area contributed by atoms with Crippen LogP contribution < -0.4 is 4.74 Å². The minimum absolute atomic E-state index is 0.531. The van der Waals surface area contributed by atoms with E-state index in [1.807, 2.05) is 12.1 Å². The standard InChI is InChI=1S/C20H30N2O2/c1-24-19-9-7-18(8-10-19)6-4-14-22-15-5-11-20(23,17-22)16-21-12-2-3-13-21/h4,6-10,23H,2-3,5,11-17H2,1H3/b6-4+/t20-/m0/s1. The van der Waals surface area contributed by atoms with Crippen LogP contribution in [0.15, 0.2) is 30.3 Å². The number of benzene rings is 1. The van der Waals surface area contributed by atoms with Gasteiger partial charge in [0.05, 0.1) is 12.7 Å². The second kappa shape index (κ2) is 8.15. The molecule has 1 N–H and O–H groups in total. The van der Waals surface area contributed by atoms with Crippen molar-refractivity contribution in [2.24, 2.45) is 0 Å². The molecule has 132 valence electrons. The molecule has 0 spiro atoms. The number of hydrogen-bond donors (Lipinski definition) is 1. The summed E-state index contributed by atoms with van der Waals surface area (Å²) in [6.07, 6.45) is 8.93. The molecule has 0 amide bonds. The van der Waals surface area contributed by atoms with Crippen LogP contribution in [0.3, 0.4) is 0 Å². The highest BCUT2D eigenvalue weighted by molar-refractivity contribution is 5.50. The Bertz CT molecular complexity index is 537. The van der Waals surface area contributed by atoms with E-state index in [4.69, 9.17) is 4.74 Å². The molecule has 2 aliphatic heterocycles. The van der Waals surface area contributed by atoms with Crippen LogP contribution in [-0.4, -0.2) is 66.9 Å². The molecule has 2 heterocycles. The second-order valence-corrected chi connectivity index (χ2v) is 7.22. The van der Waals surface area contributed by atoms with Crippen LogP contribution in [0.4, 0.5) is 0 Å². The van der Waals surface area contributed by atoms with Gasteiger partial charge in [-0.3, -0.25) is 4.90 Å². The number of methoxy groups -OCH3 is 1. The minimum Gasteiger partial charge on any atom is -0.497 e. The molecule has 0 radical (unpaired) electrons. The van der Waals surface area contributed by atoms with Gasteiger partial charge in [-0.05, 0) is 63.0 Å². The Balaban J connectivity index is 1.49. The van der Waals surface area contributed by atoms with Crippen molar-refractivity contribution in [3.63, 3.8) is 0 Å². The van der Waals surface area contributed by atoms with Gasteiger partial charge in [0.25, 0.3) is 0 Å². The molecular weight excluding hydrogens is 300 g/mol. The average Bonchev–Trinajstić information content (AvgIpc) is 3.08. The number of aliphatic hydroxyl groups is 1. The summed E-state index contributed by atoms with van der Waals surface area (Å²) in [5.41, 5.74) is 0.649. The molecule has 1 aromatic rings. The summed E-state index contributed by atoms with van der Waals surface area (Å²) in [5.74, 6) is 0.884. The van der Waals surface area contributed by atoms with Gasteiger partial charge in [-0.25, -0.2) is 0 Å². The smallest absolute Gasteiger partial charge is 0.118 e. The molecule has 4 heteroatoms. The summed E-state index contributed by atoms with van der Waals surface area (Å²) in [7, 11) is 1.69. The van der Waals surface area contributed by atoms with Crippen molar-refractivity contribution in [2.45, 2.75) is 31.3 Å². The van der Waals surface area contributed by atoms with Crippen LogP contribution in [0, 0.1) is 0 Å². The van der Waals surface area contributed by atoms with E-state index in [1.165, 1.54) is 18.4 Å². The molecule has 0 aromatic heterocycles. The van der Waals surface area contributed by atoms with E-state index in [2.05, 4.69) is 34.1 Å². The molecule has 0 bridgehead atoms. The van der Waals surface area contributed by atoms with Gasteiger partial charge in [-0.1, -0.05) is 24.3 Å². The number of hydrogen-bond acceptors (Lipinski definition) is 4. The SMILES string of the molecule is COc1ccc(/C=C/CN2CCC[C@](O)(CN3CCCC3)C2)cc1. The first kappa shape index (κ1) is 17.5. The normalized spacial score (nSPS) is 26.2. The first-order valence-corrected chi connectivity index (χ1v) is 9.15. The van der Waals surface area contributed by atoms with Crippen LogP contribution >= 0.6 is 0 Å². The Morgan fingerprint density at radius 2 is 1.79 bits per heavy atom. The van der Waals surface area contributed by atoms with Gasteiger partial charge in [0.15, 0.2) is 0 Å². The molecule has 0 aliphatic carbocycles. The number of ether oxygens (including phenoxy) is 1. The zero-order valence-electron chi connectivity index (χ0n) is 14.8. The third kappa shape index (κ3) is 4.82. The lowest BCUT2D eigenvalue weighted by Gasteiger charge is -2.40. The first-order chi connectivity index (χ1) is 11.7. The predicted octanol–water partition coefficient (Wildman–Crippen LogP) is 2.63. The van der Waals surface area contributed by atoms with Gasteiger partial charge in [-0.15, -0.1) is 0 Å². The average molecular weight is 330 g/mol. The number of rotatable bonds is 6. The fourth-order valence-corrected chi connectivity index (χ4v) is 3.90. The molecule has 0 unspecified atom stereocenters.